The Morgan fingerprint density at radius 1 is 1.29 bits per heavy atom. The first kappa shape index (κ1) is 13.2. The smallest absolute Gasteiger partial charge is 0.416 e. The Kier molecular flexibility index (Phi) is 3.55. The van der Waals surface area contributed by atoms with Crippen molar-refractivity contribution < 1.29 is 27.9 Å². The van der Waals surface area contributed by atoms with Crippen LogP contribution in [0.2, 0.25) is 0 Å². The van der Waals surface area contributed by atoms with Gasteiger partial charge in [-0.1, -0.05) is 6.07 Å². The Labute approximate surface area is 94.9 Å². The zero-order valence-corrected chi connectivity index (χ0v) is 8.84. The van der Waals surface area contributed by atoms with Crippen LogP contribution in [0.25, 0.3) is 0 Å². The van der Waals surface area contributed by atoms with Crippen LogP contribution < -0.4 is 0 Å². The summed E-state index contributed by atoms with van der Waals surface area (Å²) in [6, 6.07) is 2.47. The first-order valence-corrected chi connectivity index (χ1v) is 4.64. The topological polar surface area (TPSA) is 54.4 Å². The molecule has 0 aliphatic rings. The van der Waals surface area contributed by atoms with Gasteiger partial charge < -0.3 is 5.11 Å². The number of carboxylic acids is 1. The summed E-state index contributed by atoms with van der Waals surface area (Å²) in [5.41, 5.74) is -1.09. The minimum Gasteiger partial charge on any atom is -0.481 e. The van der Waals surface area contributed by atoms with Gasteiger partial charge in [0.2, 0.25) is 0 Å². The molecular weight excluding hydrogens is 237 g/mol. The van der Waals surface area contributed by atoms with Gasteiger partial charge in [0.15, 0.2) is 5.78 Å². The highest BCUT2D eigenvalue weighted by molar-refractivity contribution is 5.96. The number of aliphatic carboxylic acids is 1. The number of hydrogen-bond donors (Lipinski definition) is 1. The van der Waals surface area contributed by atoms with Crippen molar-refractivity contribution >= 4 is 11.8 Å². The molecule has 0 aliphatic carbocycles. The van der Waals surface area contributed by atoms with Crippen molar-refractivity contribution in [3.63, 3.8) is 0 Å². The van der Waals surface area contributed by atoms with Gasteiger partial charge in [-0.25, -0.2) is 0 Å². The van der Waals surface area contributed by atoms with Crippen molar-refractivity contribution in [1.29, 1.82) is 0 Å². The van der Waals surface area contributed by atoms with Crippen LogP contribution in [-0.2, 0) is 17.4 Å². The normalized spacial score (nSPS) is 11.3. The number of benzene rings is 1. The molecule has 0 unspecified atom stereocenters. The molecular formula is C11H9F3O3. The molecule has 0 aromatic heterocycles. The van der Waals surface area contributed by atoms with E-state index >= 15 is 0 Å². The highest BCUT2D eigenvalue weighted by Gasteiger charge is 2.31. The highest BCUT2D eigenvalue weighted by Crippen LogP contribution is 2.30. The van der Waals surface area contributed by atoms with E-state index in [1.54, 1.807) is 0 Å². The maximum Gasteiger partial charge on any atom is 0.416 e. The Hall–Kier alpha value is -1.85. The van der Waals surface area contributed by atoms with E-state index in [0.717, 1.165) is 19.1 Å². The molecule has 3 nitrogen and oxygen atoms in total. The van der Waals surface area contributed by atoms with Crippen LogP contribution in [0.15, 0.2) is 18.2 Å². The number of hydrogen-bond acceptors (Lipinski definition) is 2. The molecule has 1 rings (SSSR count). The van der Waals surface area contributed by atoms with Gasteiger partial charge in [-0.05, 0) is 24.6 Å². The number of Topliss-reactive ketones (excluding diaryl/α,β-unsaturated/α-hetero) is 1. The summed E-state index contributed by atoms with van der Waals surface area (Å²) in [5.74, 6) is -1.79. The number of carbonyl (C=O) groups is 2. The van der Waals surface area contributed by atoms with Gasteiger partial charge >= 0.3 is 12.1 Å². The van der Waals surface area contributed by atoms with E-state index in [2.05, 4.69) is 0 Å². The fourth-order valence-electron chi connectivity index (χ4n) is 1.40. The molecule has 0 saturated heterocycles. The molecule has 0 aliphatic heterocycles. The molecule has 92 valence electrons. The van der Waals surface area contributed by atoms with E-state index in [9.17, 15) is 22.8 Å². The number of alkyl halides is 3. The maximum atomic E-state index is 12.4. The van der Waals surface area contributed by atoms with Gasteiger partial charge in [-0.2, -0.15) is 13.2 Å². The molecule has 1 aromatic rings. The van der Waals surface area contributed by atoms with Crippen LogP contribution in [0.1, 0.15) is 28.4 Å². The lowest BCUT2D eigenvalue weighted by molar-refractivity contribution is -0.137. The molecule has 0 fully saturated rings. The van der Waals surface area contributed by atoms with Gasteiger partial charge in [-0.3, -0.25) is 9.59 Å². The van der Waals surface area contributed by atoms with Crippen molar-refractivity contribution in [3.8, 4) is 0 Å². The van der Waals surface area contributed by atoms with Crippen LogP contribution in [0, 0.1) is 0 Å². The fourth-order valence-corrected chi connectivity index (χ4v) is 1.40. The third-order valence-corrected chi connectivity index (χ3v) is 2.16. The summed E-state index contributed by atoms with van der Waals surface area (Å²) in [6.45, 7) is 1.10. The van der Waals surface area contributed by atoms with E-state index in [1.807, 2.05) is 0 Å². The van der Waals surface area contributed by atoms with E-state index in [4.69, 9.17) is 5.11 Å². The summed E-state index contributed by atoms with van der Waals surface area (Å²) in [4.78, 5) is 21.7. The lowest BCUT2D eigenvalue weighted by Crippen LogP contribution is -2.11. The van der Waals surface area contributed by atoms with Crippen LogP contribution in [0.4, 0.5) is 13.2 Å². The Bertz CT molecular complexity index is 464. The molecule has 0 bridgehead atoms. The van der Waals surface area contributed by atoms with E-state index in [-0.39, 0.29) is 11.1 Å². The summed E-state index contributed by atoms with van der Waals surface area (Å²) in [6.07, 6.45) is -5.03. The third kappa shape index (κ3) is 3.30. The Balaban J connectivity index is 3.27. The SMILES string of the molecule is CC(=O)c1cc(C(F)(F)F)ccc1CC(=O)O. The molecule has 17 heavy (non-hydrogen) atoms. The first-order chi connectivity index (χ1) is 7.71. The molecule has 0 spiro atoms. The minimum atomic E-state index is -4.55. The summed E-state index contributed by atoms with van der Waals surface area (Å²) in [7, 11) is 0. The van der Waals surface area contributed by atoms with Crippen molar-refractivity contribution in [2.24, 2.45) is 0 Å². The lowest BCUT2D eigenvalue weighted by atomic mass is 9.98. The molecule has 0 amide bonds. The summed E-state index contributed by atoms with van der Waals surface area (Å²) in [5, 5.41) is 8.57. The maximum absolute atomic E-state index is 12.4. The van der Waals surface area contributed by atoms with Crippen LogP contribution in [0.3, 0.4) is 0 Å². The molecule has 0 radical (unpaired) electrons. The monoisotopic (exact) mass is 246 g/mol. The van der Waals surface area contributed by atoms with Gasteiger partial charge in [0.1, 0.15) is 0 Å². The molecule has 0 atom stereocenters. The van der Waals surface area contributed by atoms with Crippen LogP contribution >= 0.6 is 0 Å². The fraction of sp³-hybridized carbons (Fsp3) is 0.273. The number of ketones is 1. The van der Waals surface area contributed by atoms with Crippen molar-refractivity contribution in [3.05, 3.63) is 34.9 Å². The molecule has 6 heteroatoms. The van der Waals surface area contributed by atoms with Gasteiger partial charge in [-0.15, -0.1) is 0 Å². The van der Waals surface area contributed by atoms with E-state index < -0.39 is 29.9 Å². The first-order valence-electron chi connectivity index (χ1n) is 4.64. The molecule has 0 saturated carbocycles. The van der Waals surface area contributed by atoms with Gasteiger partial charge in [0.05, 0.1) is 12.0 Å². The van der Waals surface area contributed by atoms with Crippen molar-refractivity contribution in [2.45, 2.75) is 19.5 Å². The molecule has 0 heterocycles. The zero-order valence-electron chi connectivity index (χ0n) is 8.84. The number of carboxylic acid groups (broad SMARTS) is 1. The lowest BCUT2D eigenvalue weighted by Gasteiger charge is -2.10. The van der Waals surface area contributed by atoms with Crippen LogP contribution in [-0.4, -0.2) is 16.9 Å². The zero-order chi connectivity index (χ0) is 13.2. The van der Waals surface area contributed by atoms with Crippen molar-refractivity contribution in [1.82, 2.24) is 0 Å². The summed E-state index contributed by atoms with van der Waals surface area (Å²) < 4.78 is 37.2. The Morgan fingerprint density at radius 2 is 1.88 bits per heavy atom. The highest BCUT2D eigenvalue weighted by atomic mass is 19.4. The number of rotatable bonds is 3. The van der Waals surface area contributed by atoms with Gasteiger partial charge in [0, 0.05) is 5.56 Å². The minimum absolute atomic E-state index is 0.0815. The number of carbonyl (C=O) groups excluding carboxylic acids is 1. The average Bonchev–Trinajstić information content (AvgIpc) is 2.15. The van der Waals surface area contributed by atoms with Gasteiger partial charge in [0.25, 0.3) is 0 Å². The second-order valence-electron chi connectivity index (χ2n) is 3.50. The predicted octanol–water partition coefficient (Wildman–Crippen LogP) is 2.54. The largest absolute Gasteiger partial charge is 0.481 e. The standard InChI is InChI=1S/C11H9F3O3/c1-6(15)9-5-8(11(12,13)14)3-2-7(9)4-10(16)17/h2-3,5H,4H2,1H3,(H,16,17). The second kappa shape index (κ2) is 4.57. The third-order valence-electron chi connectivity index (χ3n) is 2.16. The quantitative estimate of drug-likeness (QED) is 0.834. The van der Waals surface area contributed by atoms with E-state index in [0.29, 0.717) is 6.07 Å². The van der Waals surface area contributed by atoms with Crippen molar-refractivity contribution in [2.75, 3.05) is 0 Å². The Morgan fingerprint density at radius 3 is 2.29 bits per heavy atom. The van der Waals surface area contributed by atoms with E-state index in [1.165, 1.54) is 0 Å². The number of halogens is 3. The second-order valence-corrected chi connectivity index (χ2v) is 3.50. The molecule has 1 aromatic carbocycles. The molecule has 1 N–H and O–H groups in total. The van der Waals surface area contributed by atoms with Crippen LogP contribution in [0.5, 0.6) is 0 Å². The average molecular weight is 246 g/mol. The predicted molar refractivity (Wildman–Crippen MR) is 52.8 cm³/mol. The summed E-state index contributed by atoms with van der Waals surface area (Å²) >= 11 is 0.